The van der Waals surface area contributed by atoms with Gasteiger partial charge >= 0.3 is 6.36 Å². The zero-order chi connectivity index (χ0) is 16.4. The van der Waals surface area contributed by atoms with Crippen molar-refractivity contribution >= 4 is 22.4 Å². The van der Waals surface area contributed by atoms with Gasteiger partial charge in [-0.3, -0.25) is 0 Å². The number of halogens is 4. The molecule has 0 atom stereocenters. The van der Waals surface area contributed by atoms with E-state index in [2.05, 4.69) is 9.46 Å². The van der Waals surface area contributed by atoms with Crippen LogP contribution in [0.1, 0.15) is 25.7 Å². The molecule has 3 N–H and O–H groups in total. The third kappa shape index (κ3) is 6.17. The number of sulfonamides is 1. The molecule has 1 fully saturated rings. The first-order valence-electron chi connectivity index (χ1n) is 6.79. The summed E-state index contributed by atoms with van der Waals surface area (Å²) in [6.07, 6.45) is -2.22. The molecule has 132 valence electrons. The fourth-order valence-corrected chi connectivity index (χ4v) is 3.70. The Bertz CT molecular complexity index is 617. The minimum Gasteiger partial charge on any atom is -0.406 e. The number of benzene rings is 1. The Morgan fingerprint density at radius 2 is 1.78 bits per heavy atom. The molecule has 1 aromatic rings. The van der Waals surface area contributed by atoms with Crippen molar-refractivity contribution < 1.29 is 26.3 Å². The standard InChI is InChI=1S/C13H17F3N2O3S.ClH/c14-13(15,16)21-11-2-1-3-12(8-11)22(19,20)18-10-6-4-9(17)5-7-10;/h1-3,8-10,18H,4-7,17H2;1H. The monoisotopic (exact) mass is 374 g/mol. The second-order valence-corrected chi connectivity index (χ2v) is 6.97. The number of nitrogens with two attached hydrogens (primary N) is 1. The molecule has 23 heavy (non-hydrogen) atoms. The molecule has 1 aromatic carbocycles. The van der Waals surface area contributed by atoms with E-state index < -0.39 is 22.1 Å². The molecule has 0 heterocycles. The van der Waals surface area contributed by atoms with Gasteiger partial charge < -0.3 is 10.5 Å². The molecule has 0 radical (unpaired) electrons. The lowest BCUT2D eigenvalue weighted by molar-refractivity contribution is -0.274. The molecule has 1 saturated carbocycles. The Morgan fingerprint density at radius 3 is 2.35 bits per heavy atom. The van der Waals surface area contributed by atoms with Crippen LogP contribution >= 0.6 is 12.4 Å². The summed E-state index contributed by atoms with van der Waals surface area (Å²) in [4.78, 5) is -0.260. The summed E-state index contributed by atoms with van der Waals surface area (Å²) in [7, 11) is -3.89. The van der Waals surface area contributed by atoms with Crippen molar-refractivity contribution in [2.45, 2.75) is 49.0 Å². The van der Waals surface area contributed by atoms with Crippen molar-refractivity contribution in [3.05, 3.63) is 24.3 Å². The van der Waals surface area contributed by atoms with E-state index in [4.69, 9.17) is 5.73 Å². The first kappa shape index (κ1) is 20.0. The molecule has 1 aliphatic carbocycles. The first-order chi connectivity index (χ1) is 10.2. The summed E-state index contributed by atoms with van der Waals surface area (Å²) in [5.41, 5.74) is 5.75. The summed E-state index contributed by atoms with van der Waals surface area (Å²) in [5.74, 6) is -0.568. The Labute approximate surface area is 138 Å². The van der Waals surface area contributed by atoms with Crippen molar-refractivity contribution in [2.75, 3.05) is 0 Å². The maximum atomic E-state index is 12.2. The van der Waals surface area contributed by atoms with Crippen LogP contribution in [0.15, 0.2) is 29.2 Å². The van der Waals surface area contributed by atoms with Gasteiger partial charge in [-0.25, -0.2) is 13.1 Å². The van der Waals surface area contributed by atoms with Gasteiger partial charge in [0, 0.05) is 18.2 Å². The van der Waals surface area contributed by atoms with Gasteiger partial charge in [0.2, 0.25) is 10.0 Å². The highest BCUT2D eigenvalue weighted by molar-refractivity contribution is 7.89. The number of alkyl halides is 3. The molecular formula is C13H18ClF3N2O3S. The maximum Gasteiger partial charge on any atom is 0.573 e. The van der Waals surface area contributed by atoms with E-state index in [0.29, 0.717) is 25.7 Å². The Morgan fingerprint density at radius 1 is 1.17 bits per heavy atom. The third-order valence-corrected chi connectivity index (χ3v) is 4.96. The third-order valence-electron chi connectivity index (χ3n) is 3.44. The number of ether oxygens (including phenoxy) is 1. The molecule has 10 heteroatoms. The lowest BCUT2D eigenvalue weighted by atomic mass is 9.93. The number of hydrogen-bond acceptors (Lipinski definition) is 4. The van der Waals surface area contributed by atoms with Gasteiger partial charge in [-0.15, -0.1) is 25.6 Å². The molecule has 0 aliphatic heterocycles. The topological polar surface area (TPSA) is 81.4 Å². The van der Waals surface area contributed by atoms with Crippen molar-refractivity contribution in [3.8, 4) is 5.75 Å². The highest BCUT2D eigenvalue weighted by atomic mass is 35.5. The summed E-state index contributed by atoms with van der Waals surface area (Å²) in [5, 5.41) is 0. The van der Waals surface area contributed by atoms with Crippen molar-refractivity contribution in [1.29, 1.82) is 0 Å². The van der Waals surface area contributed by atoms with Crippen LogP contribution in [0.5, 0.6) is 5.75 Å². The summed E-state index contributed by atoms with van der Waals surface area (Å²) in [6.45, 7) is 0. The van der Waals surface area contributed by atoms with E-state index in [9.17, 15) is 21.6 Å². The number of nitrogens with one attached hydrogen (secondary N) is 1. The fraction of sp³-hybridized carbons (Fsp3) is 0.538. The smallest absolute Gasteiger partial charge is 0.406 e. The van der Waals surface area contributed by atoms with Crippen molar-refractivity contribution in [2.24, 2.45) is 5.73 Å². The molecule has 1 aliphatic rings. The van der Waals surface area contributed by atoms with Crippen LogP contribution in [0.2, 0.25) is 0 Å². The van der Waals surface area contributed by atoms with E-state index in [1.165, 1.54) is 12.1 Å². The van der Waals surface area contributed by atoms with Crippen LogP contribution < -0.4 is 15.2 Å². The van der Waals surface area contributed by atoms with Crippen LogP contribution in [0.25, 0.3) is 0 Å². The average Bonchev–Trinajstić information content (AvgIpc) is 2.40. The maximum absolute atomic E-state index is 12.2. The molecular weight excluding hydrogens is 357 g/mol. The highest BCUT2D eigenvalue weighted by Crippen LogP contribution is 2.25. The van der Waals surface area contributed by atoms with Crippen LogP contribution in [-0.2, 0) is 10.0 Å². The molecule has 2 rings (SSSR count). The normalized spacial score (nSPS) is 22.3. The largest absolute Gasteiger partial charge is 0.573 e. The summed E-state index contributed by atoms with van der Waals surface area (Å²) >= 11 is 0. The average molecular weight is 375 g/mol. The van der Waals surface area contributed by atoms with E-state index in [0.717, 1.165) is 12.1 Å². The van der Waals surface area contributed by atoms with Gasteiger partial charge in [-0.2, -0.15) is 0 Å². The zero-order valence-electron chi connectivity index (χ0n) is 12.0. The van der Waals surface area contributed by atoms with Gasteiger partial charge in [0.1, 0.15) is 5.75 Å². The molecule has 0 aromatic heterocycles. The number of rotatable bonds is 4. The summed E-state index contributed by atoms with van der Waals surface area (Å²) in [6, 6.07) is 4.14. The Kier molecular flexibility index (Phi) is 6.70. The van der Waals surface area contributed by atoms with Gasteiger partial charge in [-0.05, 0) is 37.8 Å². The minimum atomic E-state index is -4.87. The van der Waals surface area contributed by atoms with E-state index in [1.54, 1.807) is 0 Å². The van der Waals surface area contributed by atoms with Crippen LogP contribution in [0.3, 0.4) is 0 Å². The van der Waals surface area contributed by atoms with E-state index in [1.807, 2.05) is 0 Å². The lowest BCUT2D eigenvalue weighted by Gasteiger charge is -2.26. The van der Waals surface area contributed by atoms with Gasteiger partial charge in [-0.1, -0.05) is 6.07 Å². The SMILES string of the molecule is Cl.NC1CCC(NS(=O)(=O)c2cccc(OC(F)(F)F)c2)CC1. The molecule has 0 bridgehead atoms. The predicted molar refractivity (Wildman–Crippen MR) is 80.9 cm³/mol. The zero-order valence-corrected chi connectivity index (χ0v) is 13.7. The van der Waals surface area contributed by atoms with Gasteiger partial charge in [0.05, 0.1) is 4.90 Å². The van der Waals surface area contributed by atoms with Gasteiger partial charge in [0.25, 0.3) is 0 Å². The van der Waals surface area contributed by atoms with E-state index in [-0.39, 0.29) is 29.4 Å². The van der Waals surface area contributed by atoms with E-state index >= 15 is 0 Å². The second kappa shape index (κ2) is 7.69. The Balaban J connectivity index is 0.00000264. The van der Waals surface area contributed by atoms with Crippen LogP contribution in [-0.4, -0.2) is 26.9 Å². The Hall–Kier alpha value is -1.03. The van der Waals surface area contributed by atoms with Crippen molar-refractivity contribution in [1.82, 2.24) is 4.72 Å². The lowest BCUT2D eigenvalue weighted by Crippen LogP contribution is -2.40. The fourth-order valence-electron chi connectivity index (χ4n) is 2.36. The number of hydrogen-bond donors (Lipinski definition) is 2. The van der Waals surface area contributed by atoms with Gasteiger partial charge in [0.15, 0.2) is 0 Å². The quantitative estimate of drug-likeness (QED) is 0.848. The first-order valence-corrected chi connectivity index (χ1v) is 8.28. The van der Waals surface area contributed by atoms with Crippen molar-refractivity contribution in [3.63, 3.8) is 0 Å². The molecule has 5 nitrogen and oxygen atoms in total. The van der Waals surface area contributed by atoms with Crippen LogP contribution in [0, 0.1) is 0 Å². The predicted octanol–water partition coefficient (Wildman–Crippen LogP) is 2.56. The molecule has 0 unspecified atom stereocenters. The molecule has 0 saturated heterocycles. The second-order valence-electron chi connectivity index (χ2n) is 5.26. The molecule has 0 spiro atoms. The molecule has 0 amide bonds. The summed E-state index contributed by atoms with van der Waals surface area (Å²) < 4.78 is 67.2. The minimum absolute atomic E-state index is 0. The highest BCUT2D eigenvalue weighted by Gasteiger charge is 2.32. The van der Waals surface area contributed by atoms with Crippen LogP contribution in [0.4, 0.5) is 13.2 Å².